The Morgan fingerprint density at radius 1 is 0.386 bits per heavy atom. The number of hydrogen-bond donors (Lipinski definition) is 3. The first-order valence-corrected chi connectivity index (χ1v) is 31.9. The van der Waals surface area contributed by atoms with Gasteiger partial charge >= 0.3 is 5.97 Å². The van der Waals surface area contributed by atoms with Crippen molar-refractivity contribution in [2.24, 2.45) is 0 Å². The summed E-state index contributed by atoms with van der Waals surface area (Å²) in [7, 11) is 0. The van der Waals surface area contributed by atoms with Crippen LogP contribution in [-0.2, 0) is 14.3 Å². The Labute approximate surface area is 438 Å². The highest BCUT2D eigenvalue weighted by Crippen LogP contribution is 2.18. The standard InChI is InChI=1S/C64H125NO5/c1-3-5-7-9-11-13-15-17-19-21-22-23-24-25-26-27-28-29-30-32-36-40-44-48-52-56-62(67)61(60-66)65-63(68)57-53-49-45-41-37-34-35-39-43-47-51-55-59-70-64(69)58-54-50-46-42-38-33-31-20-18-16-14-12-10-8-6-4-2/h35,39,61-62,66-67H,3-34,36-38,40-60H2,1-2H3,(H,65,68)/b39-35-. The summed E-state index contributed by atoms with van der Waals surface area (Å²) in [4.78, 5) is 24.6. The lowest BCUT2D eigenvalue weighted by molar-refractivity contribution is -0.143. The molecule has 0 aliphatic rings. The van der Waals surface area contributed by atoms with Crippen molar-refractivity contribution in [3.63, 3.8) is 0 Å². The molecule has 416 valence electrons. The van der Waals surface area contributed by atoms with E-state index >= 15 is 0 Å². The zero-order valence-corrected chi connectivity index (χ0v) is 47.5. The maximum atomic E-state index is 12.5. The van der Waals surface area contributed by atoms with Crippen LogP contribution in [-0.4, -0.2) is 47.4 Å². The quantitative estimate of drug-likeness (QED) is 0.0321. The number of carbonyl (C=O) groups excluding carboxylic acids is 2. The summed E-state index contributed by atoms with van der Waals surface area (Å²) in [5.41, 5.74) is 0. The smallest absolute Gasteiger partial charge is 0.305 e. The van der Waals surface area contributed by atoms with Gasteiger partial charge in [0.2, 0.25) is 5.91 Å². The number of rotatable bonds is 60. The van der Waals surface area contributed by atoms with Gasteiger partial charge in [-0.05, 0) is 57.8 Å². The third kappa shape index (κ3) is 55.9. The number of ether oxygens (including phenoxy) is 1. The summed E-state index contributed by atoms with van der Waals surface area (Å²) in [5.74, 6) is -0.0738. The maximum absolute atomic E-state index is 12.5. The van der Waals surface area contributed by atoms with Crippen LogP contribution in [0, 0.1) is 0 Å². The van der Waals surface area contributed by atoms with Crippen LogP contribution < -0.4 is 5.32 Å². The molecule has 6 heteroatoms. The molecule has 70 heavy (non-hydrogen) atoms. The average molecular weight is 989 g/mol. The maximum Gasteiger partial charge on any atom is 0.305 e. The Hall–Kier alpha value is -1.40. The topological polar surface area (TPSA) is 95.9 Å². The Morgan fingerprint density at radius 2 is 0.671 bits per heavy atom. The molecule has 6 nitrogen and oxygen atoms in total. The molecule has 2 unspecified atom stereocenters. The first kappa shape index (κ1) is 68.6. The van der Waals surface area contributed by atoms with E-state index in [4.69, 9.17) is 4.74 Å². The van der Waals surface area contributed by atoms with Crippen LogP contribution in [0.2, 0.25) is 0 Å². The first-order valence-electron chi connectivity index (χ1n) is 31.9. The molecule has 0 spiro atoms. The number of allylic oxidation sites excluding steroid dienone is 2. The van der Waals surface area contributed by atoms with Gasteiger partial charge in [-0.3, -0.25) is 9.59 Å². The molecule has 0 aromatic rings. The molecule has 0 aliphatic carbocycles. The molecule has 0 bridgehead atoms. The summed E-state index contributed by atoms with van der Waals surface area (Å²) >= 11 is 0. The number of unbranched alkanes of at least 4 members (excludes halogenated alkanes) is 47. The molecule has 0 aliphatic heterocycles. The van der Waals surface area contributed by atoms with Gasteiger partial charge in [-0.2, -0.15) is 0 Å². The van der Waals surface area contributed by atoms with E-state index in [1.807, 2.05) is 0 Å². The minimum absolute atomic E-state index is 0.0178. The monoisotopic (exact) mass is 988 g/mol. The van der Waals surface area contributed by atoms with Crippen LogP contribution in [0.15, 0.2) is 12.2 Å². The predicted octanol–water partition coefficient (Wildman–Crippen LogP) is 20.0. The van der Waals surface area contributed by atoms with Gasteiger partial charge in [0.15, 0.2) is 0 Å². The van der Waals surface area contributed by atoms with E-state index in [0.29, 0.717) is 25.9 Å². The van der Waals surface area contributed by atoms with Crippen LogP contribution in [0.25, 0.3) is 0 Å². The molecule has 3 N–H and O–H groups in total. The second kappa shape index (κ2) is 60.2. The summed E-state index contributed by atoms with van der Waals surface area (Å²) < 4.78 is 5.47. The minimum atomic E-state index is -0.681. The van der Waals surface area contributed by atoms with Crippen LogP contribution in [0.1, 0.15) is 361 Å². The van der Waals surface area contributed by atoms with Gasteiger partial charge in [-0.25, -0.2) is 0 Å². The second-order valence-electron chi connectivity index (χ2n) is 22.1. The highest BCUT2D eigenvalue weighted by molar-refractivity contribution is 5.76. The zero-order valence-electron chi connectivity index (χ0n) is 47.5. The number of nitrogens with one attached hydrogen (secondary N) is 1. The van der Waals surface area contributed by atoms with Gasteiger partial charge in [0.25, 0.3) is 0 Å². The number of aliphatic hydroxyl groups excluding tert-OH is 2. The van der Waals surface area contributed by atoms with Crippen LogP contribution in [0.3, 0.4) is 0 Å². The molecular weight excluding hydrogens is 863 g/mol. The van der Waals surface area contributed by atoms with Crippen LogP contribution >= 0.6 is 0 Å². The van der Waals surface area contributed by atoms with E-state index < -0.39 is 12.1 Å². The molecule has 2 atom stereocenters. The summed E-state index contributed by atoms with van der Waals surface area (Å²) in [6.07, 6.45) is 72.3. The fraction of sp³-hybridized carbons (Fsp3) is 0.938. The second-order valence-corrected chi connectivity index (χ2v) is 22.1. The van der Waals surface area contributed by atoms with E-state index in [1.54, 1.807) is 0 Å². The molecule has 0 aromatic heterocycles. The van der Waals surface area contributed by atoms with E-state index in [0.717, 1.165) is 77.0 Å². The summed E-state index contributed by atoms with van der Waals surface area (Å²) in [5, 5.41) is 23.4. The normalized spacial score (nSPS) is 12.6. The number of aliphatic hydroxyl groups is 2. The number of hydrogen-bond acceptors (Lipinski definition) is 5. The van der Waals surface area contributed by atoms with Gasteiger partial charge < -0.3 is 20.3 Å². The highest BCUT2D eigenvalue weighted by Gasteiger charge is 2.20. The van der Waals surface area contributed by atoms with Crippen molar-refractivity contribution in [1.82, 2.24) is 5.32 Å². The molecular formula is C64H125NO5. The van der Waals surface area contributed by atoms with Crippen molar-refractivity contribution in [3.05, 3.63) is 12.2 Å². The van der Waals surface area contributed by atoms with Crippen molar-refractivity contribution in [2.45, 2.75) is 373 Å². The number of carbonyl (C=O) groups is 2. The number of amides is 1. The van der Waals surface area contributed by atoms with Crippen molar-refractivity contribution in [2.75, 3.05) is 13.2 Å². The van der Waals surface area contributed by atoms with Crippen LogP contribution in [0.5, 0.6) is 0 Å². The molecule has 0 radical (unpaired) electrons. The summed E-state index contributed by atoms with van der Waals surface area (Å²) in [6, 6.07) is -0.561. The Kier molecular flexibility index (Phi) is 59.0. The van der Waals surface area contributed by atoms with E-state index in [2.05, 4.69) is 31.3 Å². The molecule has 0 heterocycles. The lowest BCUT2D eigenvalue weighted by Gasteiger charge is -2.22. The molecule has 0 aromatic carbocycles. The molecule has 1 amide bonds. The Bertz CT molecular complexity index is 1050. The van der Waals surface area contributed by atoms with Gasteiger partial charge in [-0.1, -0.05) is 302 Å². The van der Waals surface area contributed by atoms with Crippen molar-refractivity contribution in [1.29, 1.82) is 0 Å². The lowest BCUT2D eigenvalue weighted by atomic mass is 10.0. The molecule has 0 fully saturated rings. The Morgan fingerprint density at radius 3 is 1.01 bits per heavy atom. The summed E-state index contributed by atoms with van der Waals surface area (Å²) in [6.45, 7) is 4.93. The van der Waals surface area contributed by atoms with E-state index in [9.17, 15) is 19.8 Å². The lowest BCUT2D eigenvalue weighted by Crippen LogP contribution is -2.45. The number of esters is 1. The zero-order chi connectivity index (χ0) is 50.7. The van der Waals surface area contributed by atoms with Crippen molar-refractivity contribution >= 4 is 11.9 Å². The fourth-order valence-corrected chi connectivity index (χ4v) is 10.2. The fourth-order valence-electron chi connectivity index (χ4n) is 10.2. The highest BCUT2D eigenvalue weighted by atomic mass is 16.5. The Balaban J connectivity index is 3.46. The van der Waals surface area contributed by atoms with Gasteiger partial charge in [-0.15, -0.1) is 0 Å². The third-order valence-electron chi connectivity index (χ3n) is 15.1. The van der Waals surface area contributed by atoms with Gasteiger partial charge in [0.05, 0.1) is 25.4 Å². The predicted molar refractivity (Wildman–Crippen MR) is 306 cm³/mol. The van der Waals surface area contributed by atoms with E-state index in [-0.39, 0.29) is 18.5 Å². The van der Waals surface area contributed by atoms with Crippen molar-refractivity contribution in [3.8, 4) is 0 Å². The third-order valence-corrected chi connectivity index (χ3v) is 15.1. The molecule has 0 saturated heterocycles. The van der Waals surface area contributed by atoms with Gasteiger partial charge in [0, 0.05) is 12.8 Å². The average Bonchev–Trinajstić information content (AvgIpc) is 3.36. The minimum Gasteiger partial charge on any atom is -0.466 e. The SMILES string of the molecule is CCCCCCCCCCCCCCCCCCCCCCCCCCCC(O)C(CO)NC(=O)CCCCCCC/C=C\CCCCCOC(=O)CCCCCCCCCCCCCCCCCC. The van der Waals surface area contributed by atoms with E-state index in [1.165, 1.54) is 250 Å². The largest absolute Gasteiger partial charge is 0.466 e. The molecule has 0 rings (SSSR count). The molecule has 0 saturated carbocycles. The van der Waals surface area contributed by atoms with Crippen LogP contribution in [0.4, 0.5) is 0 Å². The first-order chi connectivity index (χ1) is 34.5. The van der Waals surface area contributed by atoms with Crippen molar-refractivity contribution < 1.29 is 24.5 Å². The van der Waals surface area contributed by atoms with Gasteiger partial charge in [0.1, 0.15) is 0 Å².